The van der Waals surface area contributed by atoms with E-state index in [0.717, 1.165) is 36.2 Å². The molecule has 1 aliphatic heterocycles. The van der Waals surface area contributed by atoms with Crippen LogP contribution in [0.3, 0.4) is 0 Å². The second-order valence-corrected chi connectivity index (χ2v) is 7.89. The SMILES string of the molecule is COc1ccc(NC(=O)Nc2ccc(Nc3cc(N4CCCC4)nc(C)n3)cc2)cc1Cl. The largest absolute Gasteiger partial charge is 0.495 e. The molecule has 0 unspecified atom stereocenters. The predicted octanol–water partition coefficient (Wildman–Crippen LogP) is 5.43. The van der Waals surface area contributed by atoms with Crippen molar-refractivity contribution in [3.05, 3.63) is 59.4 Å². The average Bonchev–Trinajstić information content (AvgIpc) is 3.30. The Labute approximate surface area is 192 Å². The highest BCUT2D eigenvalue weighted by Crippen LogP contribution is 2.27. The van der Waals surface area contributed by atoms with Gasteiger partial charge in [0.25, 0.3) is 0 Å². The number of anilines is 5. The summed E-state index contributed by atoms with van der Waals surface area (Å²) in [4.78, 5) is 23.6. The Bertz CT molecular complexity index is 1100. The molecule has 2 amide bonds. The number of benzene rings is 2. The van der Waals surface area contributed by atoms with E-state index in [1.54, 1.807) is 18.2 Å². The van der Waals surface area contributed by atoms with Crippen LogP contribution in [0.5, 0.6) is 5.75 Å². The third-order valence-corrected chi connectivity index (χ3v) is 5.37. The van der Waals surface area contributed by atoms with E-state index in [4.69, 9.17) is 16.3 Å². The van der Waals surface area contributed by atoms with Crippen LogP contribution in [0.4, 0.5) is 33.5 Å². The van der Waals surface area contributed by atoms with Gasteiger partial charge in [0.2, 0.25) is 0 Å². The molecule has 1 aliphatic rings. The maximum Gasteiger partial charge on any atom is 0.323 e. The second kappa shape index (κ2) is 9.74. The summed E-state index contributed by atoms with van der Waals surface area (Å²) in [6.45, 7) is 3.95. The number of hydrogen-bond donors (Lipinski definition) is 3. The Morgan fingerprint density at radius 2 is 1.62 bits per heavy atom. The summed E-state index contributed by atoms with van der Waals surface area (Å²) in [6.07, 6.45) is 2.39. The molecule has 0 spiro atoms. The summed E-state index contributed by atoms with van der Waals surface area (Å²) in [5, 5.41) is 9.29. The minimum Gasteiger partial charge on any atom is -0.495 e. The maximum absolute atomic E-state index is 12.3. The van der Waals surface area contributed by atoms with Gasteiger partial charge in [0.15, 0.2) is 0 Å². The summed E-state index contributed by atoms with van der Waals surface area (Å²) < 4.78 is 5.12. The van der Waals surface area contributed by atoms with Crippen LogP contribution in [-0.2, 0) is 0 Å². The van der Waals surface area contributed by atoms with Gasteiger partial charge in [-0.2, -0.15) is 0 Å². The number of nitrogens with one attached hydrogen (secondary N) is 3. The van der Waals surface area contributed by atoms with E-state index in [9.17, 15) is 4.79 Å². The number of methoxy groups -OCH3 is 1. The molecule has 166 valence electrons. The lowest BCUT2D eigenvalue weighted by Gasteiger charge is -2.18. The van der Waals surface area contributed by atoms with Crippen LogP contribution in [0.1, 0.15) is 18.7 Å². The minimum absolute atomic E-state index is 0.367. The number of carbonyl (C=O) groups is 1. The van der Waals surface area contributed by atoms with Crippen LogP contribution in [0.15, 0.2) is 48.5 Å². The van der Waals surface area contributed by atoms with Crippen molar-refractivity contribution in [2.24, 2.45) is 0 Å². The number of carbonyl (C=O) groups excluding carboxylic acids is 1. The molecule has 0 atom stereocenters. The fourth-order valence-corrected chi connectivity index (χ4v) is 3.80. The van der Waals surface area contributed by atoms with Gasteiger partial charge in [-0.05, 0) is 62.2 Å². The standard InChI is InChI=1S/C23H25ClN6O2/c1-15-25-21(14-22(26-15)30-11-3-4-12-30)27-16-5-7-17(8-6-16)28-23(31)29-18-9-10-20(32-2)19(24)13-18/h5-10,13-14H,3-4,11-12H2,1-2H3,(H,25,26,27)(H2,28,29,31). The van der Waals surface area contributed by atoms with Gasteiger partial charge in [0, 0.05) is 36.2 Å². The molecule has 0 radical (unpaired) electrons. The van der Waals surface area contributed by atoms with Crippen molar-refractivity contribution in [3.63, 3.8) is 0 Å². The van der Waals surface area contributed by atoms with Crippen LogP contribution >= 0.6 is 11.6 Å². The summed E-state index contributed by atoms with van der Waals surface area (Å²) in [5.74, 6) is 2.97. The Morgan fingerprint density at radius 3 is 2.31 bits per heavy atom. The number of urea groups is 1. The van der Waals surface area contributed by atoms with E-state index >= 15 is 0 Å². The van der Waals surface area contributed by atoms with E-state index in [1.807, 2.05) is 37.3 Å². The monoisotopic (exact) mass is 452 g/mol. The van der Waals surface area contributed by atoms with Crippen molar-refractivity contribution in [1.29, 1.82) is 0 Å². The molecule has 9 heteroatoms. The van der Waals surface area contributed by atoms with Crippen molar-refractivity contribution >= 4 is 46.3 Å². The van der Waals surface area contributed by atoms with E-state index in [2.05, 4.69) is 30.8 Å². The average molecular weight is 453 g/mol. The first-order valence-corrected chi connectivity index (χ1v) is 10.8. The molecule has 2 aromatic carbocycles. The first kappa shape index (κ1) is 21.7. The van der Waals surface area contributed by atoms with Gasteiger partial charge in [-0.1, -0.05) is 11.6 Å². The van der Waals surface area contributed by atoms with Gasteiger partial charge in [0.1, 0.15) is 23.2 Å². The van der Waals surface area contributed by atoms with Crippen LogP contribution < -0.4 is 25.6 Å². The van der Waals surface area contributed by atoms with E-state index in [-0.39, 0.29) is 6.03 Å². The normalized spacial score (nSPS) is 13.0. The molecule has 3 aromatic rings. The molecule has 3 N–H and O–H groups in total. The number of hydrogen-bond acceptors (Lipinski definition) is 6. The molecule has 2 heterocycles. The Balaban J connectivity index is 1.37. The Morgan fingerprint density at radius 1 is 0.969 bits per heavy atom. The molecule has 0 bridgehead atoms. The summed E-state index contributed by atoms with van der Waals surface area (Å²) in [6, 6.07) is 14.1. The zero-order valence-corrected chi connectivity index (χ0v) is 18.7. The third-order valence-electron chi connectivity index (χ3n) is 5.08. The maximum atomic E-state index is 12.3. The fraction of sp³-hybridized carbons (Fsp3) is 0.261. The highest BCUT2D eigenvalue weighted by atomic mass is 35.5. The minimum atomic E-state index is -0.367. The molecule has 0 aliphatic carbocycles. The molecule has 1 saturated heterocycles. The Hall–Kier alpha value is -3.52. The van der Waals surface area contributed by atoms with Crippen molar-refractivity contribution in [2.45, 2.75) is 19.8 Å². The van der Waals surface area contributed by atoms with Crippen LogP contribution in [0.2, 0.25) is 5.02 Å². The number of nitrogens with zero attached hydrogens (tertiary/aromatic N) is 3. The van der Waals surface area contributed by atoms with Gasteiger partial charge in [0.05, 0.1) is 12.1 Å². The van der Waals surface area contributed by atoms with Crippen molar-refractivity contribution in [3.8, 4) is 5.75 Å². The van der Waals surface area contributed by atoms with Crippen molar-refractivity contribution in [2.75, 3.05) is 41.0 Å². The van der Waals surface area contributed by atoms with Crippen molar-refractivity contribution < 1.29 is 9.53 Å². The van der Waals surface area contributed by atoms with Gasteiger partial charge in [-0.15, -0.1) is 0 Å². The van der Waals surface area contributed by atoms with Gasteiger partial charge < -0.3 is 25.6 Å². The summed E-state index contributed by atoms with van der Waals surface area (Å²) >= 11 is 6.10. The topological polar surface area (TPSA) is 91.4 Å². The molecule has 1 aromatic heterocycles. The number of ether oxygens (including phenoxy) is 1. The zero-order chi connectivity index (χ0) is 22.5. The third kappa shape index (κ3) is 5.39. The lowest BCUT2D eigenvalue weighted by molar-refractivity contribution is 0.262. The first-order valence-electron chi connectivity index (χ1n) is 10.4. The first-order chi connectivity index (χ1) is 15.5. The highest BCUT2D eigenvalue weighted by molar-refractivity contribution is 6.32. The van der Waals surface area contributed by atoms with Gasteiger partial charge in [-0.25, -0.2) is 14.8 Å². The highest BCUT2D eigenvalue weighted by Gasteiger charge is 2.15. The summed E-state index contributed by atoms with van der Waals surface area (Å²) in [5.41, 5.74) is 2.09. The van der Waals surface area contributed by atoms with Gasteiger partial charge in [-0.3, -0.25) is 0 Å². The van der Waals surface area contributed by atoms with Gasteiger partial charge >= 0.3 is 6.03 Å². The number of aromatic nitrogens is 2. The van der Waals surface area contributed by atoms with Crippen LogP contribution in [-0.4, -0.2) is 36.2 Å². The number of aryl methyl sites for hydroxylation is 1. The quantitative estimate of drug-likeness (QED) is 0.461. The number of rotatable bonds is 6. The number of amides is 2. The molecule has 1 fully saturated rings. The van der Waals surface area contributed by atoms with E-state index in [0.29, 0.717) is 22.1 Å². The lowest BCUT2D eigenvalue weighted by atomic mass is 10.2. The number of halogens is 1. The predicted molar refractivity (Wildman–Crippen MR) is 129 cm³/mol. The van der Waals surface area contributed by atoms with E-state index < -0.39 is 0 Å². The summed E-state index contributed by atoms with van der Waals surface area (Å²) in [7, 11) is 1.54. The van der Waals surface area contributed by atoms with Crippen molar-refractivity contribution in [1.82, 2.24) is 9.97 Å². The lowest BCUT2D eigenvalue weighted by Crippen LogP contribution is -2.20. The molecular formula is C23H25ClN6O2. The fourth-order valence-electron chi connectivity index (χ4n) is 3.55. The molecule has 32 heavy (non-hydrogen) atoms. The van der Waals surface area contributed by atoms with E-state index in [1.165, 1.54) is 20.0 Å². The van der Waals surface area contributed by atoms with Crippen LogP contribution in [0.25, 0.3) is 0 Å². The molecule has 8 nitrogen and oxygen atoms in total. The van der Waals surface area contributed by atoms with Crippen LogP contribution in [0, 0.1) is 6.92 Å². The smallest absolute Gasteiger partial charge is 0.323 e. The Kier molecular flexibility index (Phi) is 6.61. The second-order valence-electron chi connectivity index (χ2n) is 7.48. The molecular weight excluding hydrogens is 428 g/mol. The molecule has 0 saturated carbocycles. The molecule has 4 rings (SSSR count). The zero-order valence-electron chi connectivity index (χ0n) is 18.0.